The van der Waals surface area contributed by atoms with E-state index >= 15 is 0 Å². The fourth-order valence-electron chi connectivity index (χ4n) is 7.40. The molecule has 0 N–H and O–H groups in total. The summed E-state index contributed by atoms with van der Waals surface area (Å²) in [5, 5.41) is 0. The zero-order chi connectivity index (χ0) is 23.6. The Bertz CT molecular complexity index is 908. The second-order valence-corrected chi connectivity index (χ2v) is 13.0. The van der Waals surface area contributed by atoms with Crippen molar-refractivity contribution in [2.75, 3.05) is 0 Å². The van der Waals surface area contributed by atoms with Crippen LogP contribution < -0.4 is 0 Å². The molecule has 2 saturated carbocycles. The summed E-state index contributed by atoms with van der Waals surface area (Å²) < 4.78 is 0. The minimum atomic E-state index is 0. The van der Waals surface area contributed by atoms with Gasteiger partial charge in [-0.3, -0.25) is 0 Å². The van der Waals surface area contributed by atoms with Crippen molar-refractivity contribution in [3.8, 4) is 0 Å². The van der Waals surface area contributed by atoms with Crippen LogP contribution in [0, 0.1) is 35.0 Å². The topological polar surface area (TPSA) is 0 Å². The smallest absolute Gasteiger partial charge is 0.209 e. The van der Waals surface area contributed by atoms with E-state index in [0.29, 0.717) is 5.41 Å². The van der Waals surface area contributed by atoms with Crippen molar-refractivity contribution in [3.63, 3.8) is 0 Å². The van der Waals surface area contributed by atoms with Crippen molar-refractivity contribution in [1.29, 1.82) is 0 Å². The number of halogens is 2. The Morgan fingerprint density at radius 1 is 1.00 bits per heavy atom. The van der Waals surface area contributed by atoms with Gasteiger partial charge >= 0.3 is 0 Å². The fraction of sp³-hybridized carbons (Fsp3) is 0.567. The summed E-state index contributed by atoms with van der Waals surface area (Å²) in [7, 11) is 0.0278. The average Bonchev–Trinajstić information content (AvgIpc) is 3.50. The third-order valence-corrected chi connectivity index (χ3v) is 9.55. The molecule has 4 heteroatoms. The van der Waals surface area contributed by atoms with Crippen molar-refractivity contribution < 1.29 is 26.2 Å². The number of rotatable bonds is 0. The minimum Gasteiger partial charge on any atom is -0.209 e. The van der Waals surface area contributed by atoms with Crippen LogP contribution in [0.15, 0.2) is 59.7 Å². The first kappa shape index (κ1) is 28.6. The van der Waals surface area contributed by atoms with Gasteiger partial charge in [-0.15, -0.1) is 29.1 Å². The van der Waals surface area contributed by atoms with Gasteiger partial charge in [-0.2, -0.15) is 0 Å². The van der Waals surface area contributed by atoms with Crippen LogP contribution in [0.1, 0.15) is 83.3 Å². The van der Waals surface area contributed by atoms with E-state index in [1.807, 2.05) is 11.1 Å². The van der Waals surface area contributed by atoms with Crippen LogP contribution in [-0.4, -0.2) is 8.14 Å². The molecule has 5 aliphatic carbocycles. The summed E-state index contributed by atoms with van der Waals surface area (Å²) in [4.78, 5) is 0. The third-order valence-electron chi connectivity index (χ3n) is 9.55. The summed E-state index contributed by atoms with van der Waals surface area (Å²) in [5.74, 6) is 6.00. The molecule has 1 aromatic rings. The minimum absolute atomic E-state index is 0. The first-order chi connectivity index (χ1) is 15.9. The molecule has 1 aromatic carbocycles. The van der Waals surface area contributed by atoms with Crippen molar-refractivity contribution >= 4 is 30.3 Å². The molecule has 0 aromatic heterocycles. The van der Waals surface area contributed by atoms with Gasteiger partial charge in [0.25, 0.3) is 8.14 Å². The number of hydrogen-bond donors (Lipinski definition) is 0. The Labute approximate surface area is 239 Å². The first-order valence-electron chi connectivity index (χ1n) is 12.8. The van der Waals surface area contributed by atoms with Crippen LogP contribution in [-0.2, 0) is 32.6 Å². The molecule has 0 nitrogen and oxygen atoms in total. The van der Waals surface area contributed by atoms with Crippen molar-refractivity contribution in [1.82, 2.24) is 0 Å². The van der Waals surface area contributed by atoms with Gasteiger partial charge in [0.2, 0.25) is 0 Å². The van der Waals surface area contributed by atoms with Crippen LogP contribution in [0.4, 0.5) is 0 Å². The van der Waals surface area contributed by atoms with Crippen LogP contribution in [0.25, 0.3) is 0 Å². The molecule has 182 valence electrons. The van der Waals surface area contributed by atoms with E-state index in [1.54, 1.807) is 17.0 Å². The summed E-state index contributed by atoms with van der Waals surface area (Å²) >= 11 is 9.58. The zero-order valence-corrected chi connectivity index (χ0v) is 26.2. The molecule has 34 heavy (non-hydrogen) atoms. The van der Waals surface area contributed by atoms with Crippen LogP contribution in [0.3, 0.4) is 0 Å². The number of fused-ring (bicyclic) bond motifs is 7. The Hall–Kier alpha value is -0.01000. The Balaban J connectivity index is 0.000000311. The molecule has 0 aliphatic heterocycles. The van der Waals surface area contributed by atoms with Gasteiger partial charge in [-0.1, -0.05) is 123 Å². The maximum Gasteiger partial charge on any atom is 0.295 e. The molecule has 5 aliphatic rings. The molecule has 0 heterocycles. The van der Waals surface area contributed by atoms with Gasteiger partial charge in [0.15, 0.2) is 0 Å². The number of allylic oxidation sites excluding steroid dienone is 6. The first-order valence-corrected chi connectivity index (χ1v) is 15.9. The number of hydrogen-bond acceptors (Lipinski definition) is 0. The van der Waals surface area contributed by atoms with Gasteiger partial charge in [-0.05, 0) is 37.0 Å². The Morgan fingerprint density at radius 3 is 2.24 bits per heavy atom. The largest absolute Gasteiger partial charge is 0.295 e. The zero-order valence-electron chi connectivity index (χ0n) is 21.2. The summed E-state index contributed by atoms with van der Waals surface area (Å²) in [6.45, 7) is 9.99. The summed E-state index contributed by atoms with van der Waals surface area (Å²) in [5.41, 5.74) is 7.35. The van der Waals surface area contributed by atoms with E-state index in [2.05, 4.69) is 76.3 Å². The molecule has 2 radical (unpaired) electrons. The summed E-state index contributed by atoms with van der Waals surface area (Å²) in [6.07, 6.45) is 18.0. The molecular formula is C30H39Cl2SiZr-. The van der Waals surface area contributed by atoms with Gasteiger partial charge in [0.1, 0.15) is 0 Å². The predicted molar refractivity (Wildman–Crippen MR) is 146 cm³/mol. The van der Waals surface area contributed by atoms with Crippen molar-refractivity contribution in [2.24, 2.45) is 29.1 Å². The fourth-order valence-corrected chi connectivity index (χ4v) is 7.40. The average molecular weight is 590 g/mol. The monoisotopic (exact) mass is 587 g/mol. The van der Waals surface area contributed by atoms with E-state index in [9.17, 15) is 0 Å². The molecule has 5 atom stereocenters. The van der Waals surface area contributed by atoms with Crippen LogP contribution >= 0.6 is 22.2 Å². The molecule has 5 unspecified atom stereocenters. The van der Waals surface area contributed by atoms with Gasteiger partial charge in [0.05, 0.1) is 0 Å². The molecule has 0 saturated heterocycles. The summed E-state index contributed by atoms with van der Waals surface area (Å²) in [6, 6.07) is 9.38. The molecule has 0 spiro atoms. The second kappa shape index (κ2) is 12.5. The normalized spacial score (nSPS) is 31.6. The standard InChI is InChI=1S/C25H33.C5H6.Cl2Si.Zr/c1-15-13-21-19-11-7-8-12-20(19)24-18-10-6-5-9-17(18)14-22(24)23(21)16(2)25(15,3)4;1-2-4-5-3-1;1-3-2;/h5-6,9-10,15,19-21,24H,7-8,11-14H2,1-4H3;1-4H,5H2;;/q-1;;;. The number of benzene rings is 1. The van der Waals surface area contributed by atoms with Crippen LogP contribution in [0.2, 0.25) is 0 Å². The Morgan fingerprint density at radius 2 is 1.62 bits per heavy atom. The molecule has 6 rings (SSSR count). The van der Waals surface area contributed by atoms with E-state index in [4.69, 9.17) is 22.2 Å². The van der Waals surface area contributed by atoms with E-state index in [-0.39, 0.29) is 34.3 Å². The van der Waals surface area contributed by atoms with Gasteiger partial charge in [0, 0.05) is 26.2 Å². The van der Waals surface area contributed by atoms with Crippen molar-refractivity contribution in [3.05, 3.63) is 76.8 Å². The molecule has 2 fully saturated rings. The maximum absolute atomic E-state index is 4.79. The third kappa shape index (κ3) is 5.46. The molecule has 0 bridgehead atoms. The van der Waals surface area contributed by atoms with Gasteiger partial charge < -0.3 is 0 Å². The van der Waals surface area contributed by atoms with Crippen molar-refractivity contribution in [2.45, 2.75) is 78.6 Å². The predicted octanol–water partition coefficient (Wildman–Crippen LogP) is 9.22. The van der Waals surface area contributed by atoms with Gasteiger partial charge in [-0.25, -0.2) is 17.1 Å². The molecule has 0 amide bonds. The maximum atomic E-state index is 4.79. The second-order valence-electron chi connectivity index (χ2n) is 11.2. The van der Waals surface area contributed by atoms with E-state index < -0.39 is 0 Å². The Kier molecular flexibility index (Phi) is 10.5. The van der Waals surface area contributed by atoms with Crippen LogP contribution in [0.5, 0.6) is 0 Å². The quantitative estimate of drug-likeness (QED) is 0.161. The SMILES string of the molecule is C1=CCC=C1.C[C-]1C2=C3Cc4ccccc4C3C3CCCCC3C2CC(C)C1(C)C.Cl[Si]Cl.[Zr]. The van der Waals surface area contributed by atoms with E-state index in [0.717, 1.165) is 36.0 Å². The molecular weight excluding hydrogens is 551 g/mol. The van der Waals surface area contributed by atoms with E-state index in [1.165, 1.54) is 38.5 Å².